The van der Waals surface area contributed by atoms with Gasteiger partial charge < -0.3 is 10.1 Å². The molecule has 2 atom stereocenters. The second kappa shape index (κ2) is 5.65. The van der Waals surface area contributed by atoms with E-state index in [4.69, 9.17) is 4.74 Å². The standard InChI is InChI=1S/C11H19N3O2/c1-5-16-11(15)10(12-4)9(3)14-7-8(2)6-13-14/h6-7,9-10,12H,5H2,1-4H3. The fourth-order valence-electron chi connectivity index (χ4n) is 1.60. The molecule has 1 aromatic heterocycles. The van der Waals surface area contributed by atoms with E-state index in [1.807, 2.05) is 20.0 Å². The molecule has 0 spiro atoms. The van der Waals surface area contributed by atoms with Crippen molar-refractivity contribution in [1.29, 1.82) is 0 Å². The summed E-state index contributed by atoms with van der Waals surface area (Å²) in [5.41, 5.74) is 1.07. The van der Waals surface area contributed by atoms with Gasteiger partial charge in [-0.3, -0.25) is 9.48 Å². The first-order valence-corrected chi connectivity index (χ1v) is 5.44. The zero-order chi connectivity index (χ0) is 12.1. The molecule has 0 radical (unpaired) electrons. The molecule has 0 aliphatic heterocycles. The smallest absolute Gasteiger partial charge is 0.325 e. The van der Waals surface area contributed by atoms with Crippen LogP contribution in [0.5, 0.6) is 0 Å². The summed E-state index contributed by atoms with van der Waals surface area (Å²) >= 11 is 0. The van der Waals surface area contributed by atoms with E-state index in [2.05, 4.69) is 10.4 Å². The molecule has 2 unspecified atom stereocenters. The Balaban J connectivity index is 2.76. The number of nitrogens with one attached hydrogen (secondary N) is 1. The van der Waals surface area contributed by atoms with Gasteiger partial charge in [0.2, 0.25) is 0 Å². The molecule has 16 heavy (non-hydrogen) atoms. The number of esters is 1. The zero-order valence-electron chi connectivity index (χ0n) is 10.2. The summed E-state index contributed by atoms with van der Waals surface area (Å²) in [4.78, 5) is 11.7. The van der Waals surface area contributed by atoms with Crippen LogP contribution in [0.25, 0.3) is 0 Å². The Hall–Kier alpha value is -1.36. The first-order valence-electron chi connectivity index (χ1n) is 5.44. The first-order chi connectivity index (χ1) is 7.60. The lowest BCUT2D eigenvalue weighted by Crippen LogP contribution is -2.42. The molecule has 0 aliphatic carbocycles. The second-order valence-electron chi connectivity index (χ2n) is 3.76. The molecule has 0 bridgehead atoms. The predicted molar refractivity (Wildman–Crippen MR) is 61.2 cm³/mol. The average molecular weight is 225 g/mol. The molecule has 1 heterocycles. The van der Waals surface area contributed by atoms with Gasteiger partial charge in [-0.25, -0.2) is 0 Å². The van der Waals surface area contributed by atoms with Crippen LogP contribution in [-0.2, 0) is 9.53 Å². The van der Waals surface area contributed by atoms with E-state index in [1.165, 1.54) is 0 Å². The highest BCUT2D eigenvalue weighted by Crippen LogP contribution is 2.12. The zero-order valence-corrected chi connectivity index (χ0v) is 10.2. The highest BCUT2D eigenvalue weighted by atomic mass is 16.5. The lowest BCUT2D eigenvalue weighted by Gasteiger charge is -2.21. The maximum atomic E-state index is 11.7. The van der Waals surface area contributed by atoms with E-state index in [0.29, 0.717) is 6.61 Å². The summed E-state index contributed by atoms with van der Waals surface area (Å²) in [7, 11) is 1.74. The van der Waals surface area contributed by atoms with E-state index >= 15 is 0 Å². The molecule has 0 fully saturated rings. The largest absolute Gasteiger partial charge is 0.465 e. The van der Waals surface area contributed by atoms with Gasteiger partial charge in [-0.2, -0.15) is 5.10 Å². The van der Waals surface area contributed by atoms with Crippen LogP contribution >= 0.6 is 0 Å². The number of hydrogen-bond donors (Lipinski definition) is 1. The molecule has 0 saturated heterocycles. The van der Waals surface area contributed by atoms with Crippen LogP contribution < -0.4 is 5.32 Å². The summed E-state index contributed by atoms with van der Waals surface area (Å²) in [6, 6.07) is -0.447. The third kappa shape index (κ3) is 2.82. The minimum absolute atomic E-state index is 0.0715. The van der Waals surface area contributed by atoms with Crippen molar-refractivity contribution in [1.82, 2.24) is 15.1 Å². The van der Waals surface area contributed by atoms with Gasteiger partial charge in [-0.1, -0.05) is 0 Å². The molecule has 0 amide bonds. The summed E-state index contributed by atoms with van der Waals surface area (Å²) in [6.07, 6.45) is 3.68. The number of carbonyl (C=O) groups is 1. The maximum Gasteiger partial charge on any atom is 0.325 e. The van der Waals surface area contributed by atoms with Crippen molar-refractivity contribution < 1.29 is 9.53 Å². The first kappa shape index (κ1) is 12.7. The SMILES string of the molecule is CCOC(=O)C(NC)C(C)n1cc(C)cn1. The molecule has 1 aromatic rings. The number of likely N-dealkylation sites (N-methyl/N-ethyl adjacent to an activating group) is 1. The van der Waals surface area contributed by atoms with Crippen LogP contribution in [0.3, 0.4) is 0 Å². The molecular formula is C11H19N3O2. The number of rotatable bonds is 5. The normalized spacial score (nSPS) is 14.5. The Morgan fingerprint density at radius 1 is 1.69 bits per heavy atom. The Labute approximate surface area is 95.8 Å². The topological polar surface area (TPSA) is 56.1 Å². The Morgan fingerprint density at radius 2 is 2.38 bits per heavy atom. The van der Waals surface area contributed by atoms with Gasteiger partial charge in [-0.15, -0.1) is 0 Å². The second-order valence-corrected chi connectivity index (χ2v) is 3.76. The molecule has 0 aliphatic rings. The Morgan fingerprint density at radius 3 is 2.81 bits per heavy atom. The fraction of sp³-hybridized carbons (Fsp3) is 0.636. The van der Waals surface area contributed by atoms with Gasteiger partial charge in [0.15, 0.2) is 0 Å². The number of nitrogens with zero attached hydrogens (tertiary/aromatic N) is 2. The molecule has 1 N–H and O–H groups in total. The monoisotopic (exact) mass is 225 g/mol. The molecule has 0 saturated carbocycles. The molecule has 0 aromatic carbocycles. The highest BCUT2D eigenvalue weighted by Gasteiger charge is 2.26. The van der Waals surface area contributed by atoms with Crippen molar-refractivity contribution in [2.75, 3.05) is 13.7 Å². The van der Waals surface area contributed by atoms with Gasteiger partial charge in [0.05, 0.1) is 18.8 Å². The van der Waals surface area contributed by atoms with Crippen molar-refractivity contribution in [2.24, 2.45) is 0 Å². The Bertz CT molecular complexity index is 349. The number of aryl methyl sites for hydroxylation is 1. The third-order valence-electron chi connectivity index (χ3n) is 2.48. The molecule has 90 valence electrons. The van der Waals surface area contributed by atoms with Crippen LogP contribution in [-0.4, -0.2) is 35.4 Å². The van der Waals surface area contributed by atoms with E-state index in [9.17, 15) is 4.79 Å². The maximum absolute atomic E-state index is 11.7. The van der Waals surface area contributed by atoms with Gasteiger partial charge in [0, 0.05) is 6.20 Å². The van der Waals surface area contributed by atoms with E-state index in [0.717, 1.165) is 5.56 Å². The van der Waals surface area contributed by atoms with Crippen LogP contribution in [0.1, 0.15) is 25.5 Å². The van der Waals surface area contributed by atoms with Crippen molar-refractivity contribution in [3.8, 4) is 0 Å². The van der Waals surface area contributed by atoms with E-state index in [1.54, 1.807) is 24.9 Å². The molecule has 5 heteroatoms. The summed E-state index contributed by atoms with van der Waals surface area (Å²) in [5.74, 6) is -0.245. The molecular weight excluding hydrogens is 206 g/mol. The predicted octanol–water partition coefficient (Wildman–Crippen LogP) is 0.904. The summed E-state index contributed by atoms with van der Waals surface area (Å²) in [6.45, 7) is 6.09. The van der Waals surface area contributed by atoms with Crippen LogP contribution in [0.4, 0.5) is 0 Å². The van der Waals surface area contributed by atoms with Crippen molar-refractivity contribution >= 4 is 5.97 Å². The van der Waals surface area contributed by atoms with Crippen molar-refractivity contribution in [3.63, 3.8) is 0 Å². The van der Waals surface area contributed by atoms with Gasteiger partial charge >= 0.3 is 5.97 Å². The molecule has 1 rings (SSSR count). The summed E-state index contributed by atoms with van der Waals surface area (Å²) < 4.78 is 6.77. The Kier molecular flexibility index (Phi) is 4.49. The summed E-state index contributed by atoms with van der Waals surface area (Å²) in [5, 5.41) is 7.15. The van der Waals surface area contributed by atoms with Gasteiger partial charge in [0.25, 0.3) is 0 Å². The third-order valence-corrected chi connectivity index (χ3v) is 2.48. The van der Waals surface area contributed by atoms with E-state index in [-0.39, 0.29) is 18.1 Å². The number of aromatic nitrogens is 2. The number of hydrogen-bond acceptors (Lipinski definition) is 4. The van der Waals surface area contributed by atoms with Crippen LogP contribution in [0.2, 0.25) is 0 Å². The minimum Gasteiger partial charge on any atom is -0.465 e. The minimum atomic E-state index is -0.376. The molecule has 5 nitrogen and oxygen atoms in total. The van der Waals surface area contributed by atoms with Crippen molar-refractivity contribution in [2.45, 2.75) is 32.9 Å². The number of carbonyl (C=O) groups excluding carboxylic acids is 1. The average Bonchev–Trinajstić information content (AvgIpc) is 2.66. The van der Waals surface area contributed by atoms with E-state index < -0.39 is 0 Å². The van der Waals surface area contributed by atoms with Gasteiger partial charge in [-0.05, 0) is 33.4 Å². The highest BCUT2D eigenvalue weighted by molar-refractivity contribution is 5.76. The lowest BCUT2D eigenvalue weighted by atomic mass is 10.1. The van der Waals surface area contributed by atoms with Crippen LogP contribution in [0.15, 0.2) is 12.4 Å². The number of ether oxygens (including phenoxy) is 1. The van der Waals surface area contributed by atoms with Crippen LogP contribution in [0, 0.1) is 6.92 Å². The van der Waals surface area contributed by atoms with Crippen molar-refractivity contribution in [3.05, 3.63) is 18.0 Å². The van der Waals surface area contributed by atoms with Gasteiger partial charge in [0.1, 0.15) is 6.04 Å². The quantitative estimate of drug-likeness (QED) is 0.757. The fourth-order valence-corrected chi connectivity index (χ4v) is 1.60. The lowest BCUT2D eigenvalue weighted by molar-refractivity contribution is -0.146.